The number of rotatable bonds is 8. The Morgan fingerprint density at radius 2 is 1.92 bits per heavy atom. The summed E-state index contributed by atoms with van der Waals surface area (Å²) in [6.07, 6.45) is 1.42. The summed E-state index contributed by atoms with van der Waals surface area (Å²) in [6.45, 7) is 4.30. The van der Waals surface area contributed by atoms with E-state index in [4.69, 9.17) is 4.74 Å². The van der Waals surface area contributed by atoms with Gasteiger partial charge in [0.25, 0.3) is 0 Å². The fourth-order valence-corrected chi connectivity index (χ4v) is 4.73. The number of ketones is 1. The number of sulfone groups is 1. The van der Waals surface area contributed by atoms with Crippen LogP contribution in [0.4, 0.5) is 0 Å². The van der Waals surface area contributed by atoms with E-state index in [2.05, 4.69) is 0 Å². The summed E-state index contributed by atoms with van der Waals surface area (Å²) in [6, 6.07) is 6.70. The van der Waals surface area contributed by atoms with E-state index < -0.39 is 9.84 Å². The third-order valence-electron chi connectivity index (χ3n) is 4.37. The van der Waals surface area contributed by atoms with Gasteiger partial charge in [0.1, 0.15) is 5.75 Å². The molecule has 1 atom stereocenters. The normalized spacial score (nSPS) is 18.7. The van der Waals surface area contributed by atoms with E-state index in [1.165, 1.54) is 6.92 Å². The Morgan fingerprint density at radius 3 is 2.44 bits per heavy atom. The van der Waals surface area contributed by atoms with Crippen LogP contribution >= 0.6 is 0 Å². The second-order valence-corrected chi connectivity index (χ2v) is 8.50. The summed E-state index contributed by atoms with van der Waals surface area (Å²) in [4.78, 5) is 25.2. The fourth-order valence-electron chi connectivity index (χ4n) is 3.00. The van der Waals surface area contributed by atoms with Gasteiger partial charge in [-0.05, 0) is 51.0 Å². The molecule has 7 heteroatoms. The first kappa shape index (κ1) is 19.4. The van der Waals surface area contributed by atoms with Crippen LogP contribution in [0.25, 0.3) is 0 Å². The highest BCUT2D eigenvalue weighted by molar-refractivity contribution is 7.91. The fraction of sp³-hybridized carbons (Fsp3) is 0.556. The van der Waals surface area contributed by atoms with Crippen molar-refractivity contribution in [2.24, 2.45) is 0 Å². The molecule has 0 aliphatic carbocycles. The Morgan fingerprint density at radius 1 is 1.24 bits per heavy atom. The van der Waals surface area contributed by atoms with Crippen LogP contribution in [0.1, 0.15) is 43.5 Å². The molecule has 1 aliphatic rings. The first-order chi connectivity index (χ1) is 11.8. The molecule has 0 spiro atoms. The lowest BCUT2D eigenvalue weighted by molar-refractivity contribution is -0.133. The smallest absolute Gasteiger partial charge is 0.222 e. The second kappa shape index (κ2) is 8.47. The Hall–Kier alpha value is -1.89. The Balaban J connectivity index is 1.76. The van der Waals surface area contributed by atoms with Gasteiger partial charge < -0.3 is 9.64 Å². The number of benzene rings is 1. The van der Waals surface area contributed by atoms with E-state index in [9.17, 15) is 18.0 Å². The van der Waals surface area contributed by atoms with Gasteiger partial charge >= 0.3 is 0 Å². The molecule has 1 amide bonds. The highest BCUT2D eigenvalue weighted by atomic mass is 32.2. The average molecular weight is 367 g/mol. The third-order valence-corrected chi connectivity index (χ3v) is 6.13. The number of carbonyl (C=O) groups excluding carboxylic acids is 2. The quantitative estimate of drug-likeness (QED) is 0.519. The van der Waals surface area contributed by atoms with Crippen LogP contribution in [0.2, 0.25) is 0 Å². The molecule has 1 aromatic rings. The molecular weight excluding hydrogens is 342 g/mol. The maximum Gasteiger partial charge on any atom is 0.222 e. The van der Waals surface area contributed by atoms with E-state index in [-0.39, 0.29) is 29.2 Å². The van der Waals surface area contributed by atoms with Crippen molar-refractivity contribution in [3.8, 4) is 5.75 Å². The molecule has 2 rings (SSSR count). The summed E-state index contributed by atoms with van der Waals surface area (Å²) in [5.74, 6) is 0.879. The lowest BCUT2D eigenvalue weighted by Crippen LogP contribution is -2.41. The zero-order valence-electron chi connectivity index (χ0n) is 14.7. The molecule has 1 aliphatic heterocycles. The monoisotopic (exact) mass is 367 g/mol. The molecule has 6 nitrogen and oxygen atoms in total. The first-order valence-corrected chi connectivity index (χ1v) is 10.4. The highest BCUT2D eigenvalue weighted by Crippen LogP contribution is 2.19. The van der Waals surface area contributed by atoms with Crippen molar-refractivity contribution in [3.63, 3.8) is 0 Å². The zero-order chi connectivity index (χ0) is 18.4. The lowest BCUT2D eigenvalue weighted by Gasteiger charge is -2.26. The molecule has 0 bridgehead atoms. The summed E-state index contributed by atoms with van der Waals surface area (Å²) < 4.78 is 28.8. The molecule has 1 saturated heterocycles. The van der Waals surface area contributed by atoms with Crippen molar-refractivity contribution < 1.29 is 22.7 Å². The molecule has 0 radical (unpaired) electrons. The van der Waals surface area contributed by atoms with Crippen LogP contribution in [0.5, 0.6) is 5.75 Å². The van der Waals surface area contributed by atoms with E-state index in [1.54, 1.807) is 29.2 Å². The van der Waals surface area contributed by atoms with Gasteiger partial charge in [-0.2, -0.15) is 0 Å². The largest absolute Gasteiger partial charge is 0.494 e. The number of hydrogen-bond donors (Lipinski definition) is 0. The molecule has 25 heavy (non-hydrogen) atoms. The Bertz CT molecular complexity index is 711. The topological polar surface area (TPSA) is 80.8 Å². The summed E-state index contributed by atoms with van der Waals surface area (Å²) in [5, 5.41) is 0. The number of nitrogens with zero attached hydrogens (tertiary/aromatic N) is 1. The standard InChI is InChI=1S/C18H25NO5S/c1-3-19(16-10-12-25(22,23)13-16)18(21)5-4-11-24-17-8-6-15(7-9-17)14(2)20/h6-9,16H,3-5,10-13H2,1-2H3/t16-/m1/s1. The summed E-state index contributed by atoms with van der Waals surface area (Å²) in [7, 11) is -3.00. The van der Waals surface area contributed by atoms with Gasteiger partial charge in [0.2, 0.25) is 5.91 Å². The second-order valence-electron chi connectivity index (χ2n) is 6.27. The van der Waals surface area contributed by atoms with Crippen LogP contribution < -0.4 is 4.74 Å². The van der Waals surface area contributed by atoms with Gasteiger partial charge in [0.15, 0.2) is 15.6 Å². The maximum atomic E-state index is 12.3. The summed E-state index contributed by atoms with van der Waals surface area (Å²) >= 11 is 0. The van der Waals surface area contributed by atoms with E-state index >= 15 is 0 Å². The van der Waals surface area contributed by atoms with Crippen molar-refractivity contribution in [1.82, 2.24) is 4.90 Å². The minimum absolute atomic E-state index is 0.00531. The van der Waals surface area contributed by atoms with Gasteiger partial charge in [-0.3, -0.25) is 9.59 Å². The minimum atomic E-state index is -3.00. The van der Waals surface area contributed by atoms with Crippen LogP contribution in [0.15, 0.2) is 24.3 Å². The molecule has 138 valence electrons. The van der Waals surface area contributed by atoms with Crippen molar-refractivity contribution in [2.75, 3.05) is 24.7 Å². The van der Waals surface area contributed by atoms with Gasteiger partial charge in [-0.25, -0.2) is 8.42 Å². The molecular formula is C18H25NO5S. The van der Waals surface area contributed by atoms with Crippen LogP contribution in [0.3, 0.4) is 0 Å². The molecule has 1 aromatic carbocycles. The summed E-state index contributed by atoms with van der Waals surface area (Å²) in [5.41, 5.74) is 0.632. The van der Waals surface area contributed by atoms with Gasteiger partial charge in [0.05, 0.1) is 18.1 Å². The van der Waals surface area contributed by atoms with Crippen LogP contribution in [0, 0.1) is 0 Å². The number of hydrogen-bond acceptors (Lipinski definition) is 5. The predicted octanol–water partition coefficient (Wildman–Crippen LogP) is 2.08. The molecule has 0 saturated carbocycles. The molecule has 1 fully saturated rings. The van der Waals surface area contributed by atoms with Gasteiger partial charge in [-0.15, -0.1) is 0 Å². The maximum absolute atomic E-state index is 12.3. The van der Waals surface area contributed by atoms with Crippen LogP contribution in [-0.4, -0.2) is 55.7 Å². The molecule has 1 heterocycles. The van der Waals surface area contributed by atoms with E-state index in [0.29, 0.717) is 43.7 Å². The lowest BCUT2D eigenvalue weighted by atomic mass is 10.1. The van der Waals surface area contributed by atoms with E-state index in [0.717, 1.165) is 0 Å². The molecule has 0 aromatic heterocycles. The molecule has 0 N–H and O–H groups in total. The third kappa shape index (κ3) is 5.56. The number of Topliss-reactive ketones (excluding diaryl/α,β-unsaturated/α-hetero) is 1. The zero-order valence-corrected chi connectivity index (χ0v) is 15.5. The predicted molar refractivity (Wildman–Crippen MR) is 95.6 cm³/mol. The Kier molecular flexibility index (Phi) is 6.58. The van der Waals surface area contributed by atoms with Gasteiger partial charge in [-0.1, -0.05) is 0 Å². The van der Waals surface area contributed by atoms with Crippen molar-refractivity contribution in [2.45, 2.75) is 39.2 Å². The van der Waals surface area contributed by atoms with E-state index in [1.807, 2.05) is 6.92 Å². The van der Waals surface area contributed by atoms with Gasteiger partial charge in [0, 0.05) is 24.6 Å². The molecule has 0 unspecified atom stereocenters. The SMILES string of the molecule is CCN(C(=O)CCCOc1ccc(C(C)=O)cc1)[C@@H]1CCS(=O)(=O)C1. The Labute approximate surface area is 149 Å². The number of carbonyl (C=O) groups is 2. The highest BCUT2D eigenvalue weighted by Gasteiger charge is 2.33. The van der Waals surface area contributed by atoms with Crippen molar-refractivity contribution in [3.05, 3.63) is 29.8 Å². The number of amides is 1. The minimum Gasteiger partial charge on any atom is -0.494 e. The average Bonchev–Trinajstić information content (AvgIpc) is 2.92. The van der Waals surface area contributed by atoms with Crippen LogP contribution in [-0.2, 0) is 14.6 Å². The van der Waals surface area contributed by atoms with Crippen molar-refractivity contribution >= 4 is 21.5 Å². The first-order valence-electron chi connectivity index (χ1n) is 8.56. The number of ether oxygens (including phenoxy) is 1. The van der Waals surface area contributed by atoms with Crippen molar-refractivity contribution in [1.29, 1.82) is 0 Å².